The summed E-state index contributed by atoms with van der Waals surface area (Å²) in [5.41, 5.74) is 0.190. The van der Waals surface area contributed by atoms with Gasteiger partial charge < -0.3 is 34.8 Å². The molecule has 1 aromatic carbocycles. The molecule has 4 N–H and O–H groups in total. The number of aliphatic hydroxyl groups excluding tert-OH is 1. The molecule has 1 saturated carbocycles. The SMILES string of the molecule is COc1ccc2c3c1O[C@H]1C(OC(=O)[C@H](C)NC(=O)C[C@H](O)C(=O)O)=CC[C@@]4(O)[C@@H](C2)C(C)CC[C@]314. The van der Waals surface area contributed by atoms with Gasteiger partial charge in [-0.05, 0) is 62.1 Å². The molecular weight excluding hydrogens is 470 g/mol. The Bertz CT molecular complexity index is 1160. The van der Waals surface area contributed by atoms with Crippen LogP contribution in [-0.4, -0.2) is 64.1 Å². The minimum Gasteiger partial charge on any atom is -0.493 e. The molecule has 7 atom stereocenters. The zero-order valence-electron chi connectivity index (χ0n) is 20.4. The first-order valence-electron chi connectivity index (χ1n) is 12.2. The molecule has 2 bridgehead atoms. The van der Waals surface area contributed by atoms with Crippen LogP contribution >= 0.6 is 0 Å². The third-order valence-corrected chi connectivity index (χ3v) is 8.55. The van der Waals surface area contributed by atoms with Crippen LogP contribution < -0.4 is 14.8 Å². The van der Waals surface area contributed by atoms with Crippen molar-refractivity contribution in [2.24, 2.45) is 11.8 Å². The quantitative estimate of drug-likeness (QED) is 0.404. The summed E-state index contributed by atoms with van der Waals surface area (Å²) in [4.78, 5) is 35.7. The van der Waals surface area contributed by atoms with Crippen molar-refractivity contribution in [3.8, 4) is 11.5 Å². The van der Waals surface area contributed by atoms with Gasteiger partial charge >= 0.3 is 11.9 Å². The van der Waals surface area contributed by atoms with E-state index in [1.54, 1.807) is 13.2 Å². The van der Waals surface area contributed by atoms with E-state index < -0.39 is 53.5 Å². The Morgan fingerprint density at radius 3 is 2.75 bits per heavy atom. The lowest BCUT2D eigenvalue weighted by Crippen LogP contribution is -2.69. The van der Waals surface area contributed by atoms with Crippen LogP contribution in [0.3, 0.4) is 0 Å². The summed E-state index contributed by atoms with van der Waals surface area (Å²) in [7, 11) is 1.56. The number of hydrogen-bond donors (Lipinski definition) is 4. The first-order valence-corrected chi connectivity index (χ1v) is 12.2. The number of hydrogen-bond acceptors (Lipinski definition) is 8. The van der Waals surface area contributed by atoms with Gasteiger partial charge in [0.15, 0.2) is 23.7 Å². The fraction of sp³-hybridized carbons (Fsp3) is 0.577. The number of carbonyl (C=O) groups is 3. The summed E-state index contributed by atoms with van der Waals surface area (Å²) in [6, 6.07) is 2.80. The van der Waals surface area contributed by atoms with Crippen molar-refractivity contribution in [3.63, 3.8) is 0 Å². The van der Waals surface area contributed by atoms with Crippen molar-refractivity contribution in [2.45, 2.75) is 75.2 Å². The maximum absolute atomic E-state index is 12.9. The largest absolute Gasteiger partial charge is 0.493 e. The minimum absolute atomic E-state index is 0.0246. The van der Waals surface area contributed by atoms with Gasteiger partial charge in [0.2, 0.25) is 5.91 Å². The number of benzene rings is 1. The molecule has 10 heteroatoms. The number of aliphatic hydroxyl groups is 2. The van der Waals surface area contributed by atoms with Crippen molar-refractivity contribution in [2.75, 3.05) is 7.11 Å². The van der Waals surface area contributed by atoms with E-state index in [0.717, 1.165) is 24.0 Å². The maximum atomic E-state index is 12.9. The van der Waals surface area contributed by atoms with Crippen LogP contribution in [0.25, 0.3) is 0 Å². The second kappa shape index (κ2) is 8.48. The van der Waals surface area contributed by atoms with Crippen molar-refractivity contribution in [1.29, 1.82) is 0 Å². The third kappa shape index (κ3) is 3.34. The summed E-state index contributed by atoms with van der Waals surface area (Å²) in [5, 5.41) is 32.7. The molecule has 5 rings (SSSR count). The molecule has 0 saturated heterocycles. The van der Waals surface area contributed by atoms with E-state index in [9.17, 15) is 24.6 Å². The summed E-state index contributed by atoms with van der Waals surface area (Å²) >= 11 is 0. The molecular formula is C26H31NO9. The lowest BCUT2D eigenvalue weighted by molar-refractivity contribution is -0.171. The zero-order chi connectivity index (χ0) is 26.0. The van der Waals surface area contributed by atoms with Crippen LogP contribution in [0.1, 0.15) is 50.7 Å². The lowest BCUT2D eigenvalue weighted by atomic mass is 9.45. The van der Waals surface area contributed by atoms with Crippen LogP contribution in [0, 0.1) is 11.8 Å². The molecule has 1 heterocycles. The van der Waals surface area contributed by atoms with Crippen molar-refractivity contribution >= 4 is 17.8 Å². The predicted octanol–water partition coefficient (Wildman–Crippen LogP) is 1.20. The number of ether oxygens (including phenoxy) is 3. The van der Waals surface area contributed by atoms with Crippen molar-refractivity contribution < 1.29 is 43.9 Å². The second-order valence-corrected chi connectivity index (χ2v) is 10.4. The fourth-order valence-corrected chi connectivity index (χ4v) is 6.79. The van der Waals surface area contributed by atoms with E-state index in [1.807, 2.05) is 12.1 Å². The molecule has 1 aromatic rings. The molecule has 10 nitrogen and oxygen atoms in total. The number of carbonyl (C=O) groups excluding carboxylic acids is 2. The number of esters is 1. The molecule has 0 radical (unpaired) electrons. The Hall–Kier alpha value is -3.11. The first-order chi connectivity index (χ1) is 17.0. The van der Waals surface area contributed by atoms with Gasteiger partial charge in [0.05, 0.1) is 24.5 Å². The average molecular weight is 502 g/mol. The molecule has 1 fully saturated rings. The number of nitrogens with one attached hydrogen (secondary N) is 1. The van der Waals surface area contributed by atoms with Crippen LogP contribution in [0.5, 0.6) is 11.5 Å². The summed E-state index contributed by atoms with van der Waals surface area (Å²) in [6.45, 7) is 3.58. The van der Waals surface area contributed by atoms with E-state index >= 15 is 0 Å². The number of carboxylic acid groups (broad SMARTS) is 1. The Morgan fingerprint density at radius 2 is 2.06 bits per heavy atom. The number of aliphatic carboxylic acids is 1. The number of rotatable bonds is 7. The highest BCUT2D eigenvalue weighted by atomic mass is 16.6. The summed E-state index contributed by atoms with van der Waals surface area (Å²) in [5.74, 6) is -1.35. The molecule has 1 unspecified atom stereocenters. The minimum atomic E-state index is -1.87. The van der Waals surface area contributed by atoms with Gasteiger partial charge in [0, 0.05) is 5.56 Å². The van der Waals surface area contributed by atoms with Gasteiger partial charge in [-0.3, -0.25) is 4.79 Å². The summed E-state index contributed by atoms with van der Waals surface area (Å²) in [6.07, 6.45) is 0.996. The Morgan fingerprint density at radius 1 is 1.31 bits per heavy atom. The molecule has 3 aliphatic carbocycles. The van der Waals surface area contributed by atoms with Crippen LogP contribution in [0.2, 0.25) is 0 Å². The van der Waals surface area contributed by atoms with E-state index in [0.29, 0.717) is 30.3 Å². The number of carboxylic acids is 1. The van der Waals surface area contributed by atoms with Gasteiger partial charge in [0.25, 0.3) is 0 Å². The van der Waals surface area contributed by atoms with E-state index in [2.05, 4.69) is 12.2 Å². The molecule has 1 aliphatic heterocycles. The van der Waals surface area contributed by atoms with Crippen molar-refractivity contribution in [3.05, 3.63) is 35.1 Å². The number of amides is 1. The lowest BCUT2D eigenvalue weighted by Gasteiger charge is -2.61. The highest BCUT2D eigenvalue weighted by Crippen LogP contribution is 2.68. The molecule has 36 heavy (non-hydrogen) atoms. The zero-order valence-corrected chi connectivity index (χ0v) is 20.4. The summed E-state index contributed by atoms with van der Waals surface area (Å²) < 4.78 is 17.8. The van der Waals surface area contributed by atoms with Crippen LogP contribution in [-0.2, 0) is 31.0 Å². The monoisotopic (exact) mass is 501 g/mol. The molecule has 194 valence electrons. The van der Waals surface area contributed by atoms with Gasteiger partial charge in [-0.1, -0.05) is 13.0 Å². The Kier molecular flexibility index (Phi) is 5.79. The predicted molar refractivity (Wildman–Crippen MR) is 124 cm³/mol. The normalized spacial score (nSPS) is 32.8. The fourth-order valence-electron chi connectivity index (χ4n) is 6.79. The standard InChI is InChI=1S/C26H31NO9/c1-12-6-8-25-20-14-4-5-17(34-3)21(20)36-22(25)18(7-9-26(25,33)15(12)10-14)35-24(32)13(2)27-19(29)11-16(28)23(30)31/h4-5,7,12-13,15-16,22,28,33H,6,8-11H2,1-3H3,(H,27,29)(H,30,31)/t12?,13-,15-,16-,22-,25-,26+/m0/s1. The molecule has 4 aliphatic rings. The Balaban J connectivity index is 1.44. The molecule has 1 spiro atoms. The van der Waals surface area contributed by atoms with Gasteiger partial charge in [-0.2, -0.15) is 0 Å². The second-order valence-electron chi connectivity index (χ2n) is 10.4. The van der Waals surface area contributed by atoms with E-state index in [1.165, 1.54) is 6.92 Å². The van der Waals surface area contributed by atoms with Gasteiger partial charge in [0.1, 0.15) is 11.8 Å². The van der Waals surface area contributed by atoms with Gasteiger partial charge in [-0.25, -0.2) is 9.59 Å². The third-order valence-electron chi connectivity index (χ3n) is 8.55. The van der Waals surface area contributed by atoms with Gasteiger partial charge in [-0.15, -0.1) is 0 Å². The van der Waals surface area contributed by atoms with Crippen LogP contribution in [0.4, 0.5) is 0 Å². The molecule has 1 amide bonds. The first kappa shape index (κ1) is 24.6. The number of methoxy groups -OCH3 is 1. The molecule has 0 aromatic heterocycles. The van der Waals surface area contributed by atoms with Crippen molar-refractivity contribution in [1.82, 2.24) is 5.32 Å². The Labute approximate surface area is 208 Å². The maximum Gasteiger partial charge on any atom is 0.333 e. The smallest absolute Gasteiger partial charge is 0.333 e. The average Bonchev–Trinajstić information content (AvgIpc) is 3.18. The topological polar surface area (TPSA) is 152 Å². The highest BCUT2D eigenvalue weighted by molar-refractivity contribution is 5.87. The van der Waals surface area contributed by atoms with Crippen LogP contribution in [0.15, 0.2) is 24.0 Å². The van der Waals surface area contributed by atoms with E-state index in [-0.39, 0.29) is 11.7 Å². The highest BCUT2D eigenvalue weighted by Gasteiger charge is 2.72. The van der Waals surface area contributed by atoms with E-state index in [4.69, 9.17) is 19.3 Å².